The Labute approximate surface area is 89.9 Å². The lowest BCUT2D eigenvalue weighted by Crippen LogP contribution is -2.35. The van der Waals surface area contributed by atoms with E-state index in [0.29, 0.717) is 18.7 Å². The molecule has 0 aliphatic rings. The highest BCUT2D eigenvalue weighted by Crippen LogP contribution is 2.16. The molecule has 1 unspecified atom stereocenters. The van der Waals surface area contributed by atoms with Gasteiger partial charge < -0.3 is 5.11 Å². The van der Waals surface area contributed by atoms with Crippen LogP contribution in [0.4, 0.5) is 0 Å². The van der Waals surface area contributed by atoms with Crippen LogP contribution in [0.15, 0.2) is 12.3 Å². The van der Waals surface area contributed by atoms with Gasteiger partial charge in [0.2, 0.25) is 5.78 Å². The molecule has 1 N–H and O–H groups in total. The van der Waals surface area contributed by atoms with E-state index in [1.54, 1.807) is 30.8 Å². The molecule has 1 aromatic rings. The van der Waals surface area contributed by atoms with Crippen molar-refractivity contribution in [1.82, 2.24) is 9.78 Å². The second kappa shape index (κ2) is 4.57. The maximum Gasteiger partial charge on any atom is 0.211 e. The van der Waals surface area contributed by atoms with Crippen LogP contribution in [0.2, 0.25) is 0 Å². The van der Waals surface area contributed by atoms with E-state index < -0.39 is 5.60 Å². The summed E-state index contributed by atoms with van der Waals surface area (Å²) in [6.07, 6.45) is 2.91. The molecule has 1 heterocycles. The SMILES string of the molecule is CCCn1nccc1C(=O)C(C)(O)CC. The number of Topliss-reactive ketones (excluding diaryl/α,β-unsaturated/α-hetero) is 1. The summed E-state index contributed by atoms with van der Waals surface area (Å²) in [7, 11) is 0. The number of hydrogen-bond donors (Lipinski definition) is 1. The molecule has 0 aliphatic heterocycles. The van der Waals surface area contributed by atoms with Gasteiger partial charge >= 0.3 is 0 Å². The predicted molar refractivity (Wildman–Crippen MR) is 57.8 cm³/mol. The zero-order valence-corrected chi connectivity index (χ0v) is 9.53. The van der Waals surface area contributed by atoms with E-state index in [9.17, 15) is 9.90 Å². The molecule has 0 fully saturated rings. The van der Waals surface area contributed by atoms with Crippen LogP contribution in [0.1, 0.15) is 44.1 Å². The first kappa shape index (κ1) is 11.9. The number of aliphatic hydroxyl groups is 1. The lowest BCUT2D eigenvalue weighted by molar-refractivity contribution is 0.0379. The minimum absolute atomic E-state index is 0.254. The largest absolute Gasteiger partial charge is 0.382 e. The molecule has 84 valence electrons. The maximum absolute atomic E-state index is 11.9. The molecule has 0 aromatic carbocycles. The molecule has 0 aliphatic carbocycles. The van der Waals surface area contributed by atoms with Crippen molar-refractivity contribution in [3.8, 4) is 0 Å². The Morgan fingerprint density at radius 2 is 2.27 bits per heavy atom. The highest BCUT2D eigenvalue weighted by Gasteiger charge is 2.31. The fourth-order valence-electron chi connectivity index (χ4n) is 1.35. The highest BCUT2D eigenvalue weighted by atomic mass is 16.3. The third kappa shape index (κ3) is 2.45. The van der Waals surface area contributed by atoms with Gasteiger partial charge in [0, 0.05) is 12.7 Å². The second-order valence-corrected chi connectivity index (χ2v) is 3.90. The van der Waals surface area contributed by atoms with Crippen molar-refractivity contribution in [3.05, 3.63) is 18.0 Å². The third-order valence-electron chi connectivity index (χ3n) is 2.56. The molecule has 0 spiro atoms. The standard InChI is InChI=1S/C11H18N2O2/c1-4-8-13-9(6-7-12-13)10(14)11(3,15)5-2/h6-7,15H,4-5,8H2,1-3H3. The van der Waals surface area contributed by atoms with Crippen LogP contribution in [-0.2, 0) is 6.54 Å². The first-order valence-electron chi connectivity index (χ1n) is 5.32. The smallest absolute Gasteiger partial charge is 0.211 e. The van der Waals surface area contributed by atoms with Crippen LogP contribution >= 0.6 is 0 Å². The Kier molecular flexibility index (Phi) is 3.63. The Morgan fingerprint density at radius 3 is 2.80 bits per heavy atom. The van der Waals surface area contributed by atoms with Crippen LogP contribution < -0.4 is 0 Å². The van der Waals surface area contributed by atoms with E-state index in [-0.39, 0.29) is 5.78 Å². The summed E-state index contributed by atoms with van der Waals surface area (Å²) in [5.41, 5.74) is -0.797. The van der Waals surface area contributed by atoms with E-state index in [2.05, 4.69) is 5.10 Å². The topological polar surface area (TPSA) is 55.1 Å². The zero-order chi connectivity index (χ0) is 11.5. The number of carbonyl (C=O) groups is 1. The zero-order valence-electron chi connectivity index (χ0n) is 9.53. The van der Waals surface area contributed by atoms with Gasteiger partial charge in [-0.25, -0.2) is 0 Å². The van der Waals surface area contributed by atoms with Gasteiger partial charge in [-0.05, 0) is 25.8 Å². The molecule has 0 bridgehead atoms. The van der Waals surface area contributed by atoms with Crippen LogP contribution in [0.25, 0.3) is 0 Å². The molecule has 4 nitrogen and oxygen atoms in total. The van der Waals surface area contributed by atoms with Gasteiger partial charge in [-0.1, -0.05) is 13.8 Å². The van der Waals surface area contributed by atoms with E-state index in [1.165, 1.54) is 0 Å². The van der Waals surface area contributed by atoms with Crippen molar-refractivity contribution in [3.63, 3.8) is 0 Å². The number of ketones is 1. The summed E-state index contributed by atoms with van der Waals surface area (Å²) in [6.45, 7) is 6.05. The van der Waals surface area contributed by atoms with Crippen molar-refractivity contribution in [2.45, 2.75) is 45.8 Å². The number of hydrogen-bond acceptors (Lipinski definition) is 3. The molecular formula is C11H18N2O2. The van der Waals surface area contributed by atoms with Crippen molar-refractivity contribution >= 4 is 5.78 Å². The summed E-state index contributed by atoms with van der Waals surface area (Å²) >= 11 is 0. The molecular weight excluding hydrogens is 192 g/mol. The summed E-state index contributed by atoms with van der Waals surface area (Å²) in [4.78, 5) is 11.9. The lowest BCUT2D eigenvalue weighted by Gasteiger charge is -2.19. The van der Waals surface area contributed by atoms with Gasteiger partial charge in [-0.15, -0.1) is 0 Å². The molecule has 0 saturated heterocycles. The molecule has 1 atom stereocenters. The molecule has 1 aromatic heterocycles. The number of nitrogens with zero attached hydrogens (tertiary/aromatic N) is 2. The van der Waals surface area contributed by atoms with Crippen LogP contribution in [0.5, 0.6) is 0 Å². The van der Waals surface area contributed by atoms with Gasteiger partial charge in [0.1, 0.15) is 11.3 Å². The van der Waals surface area contributed by atoms with Crippen molar-refractivity contribution < 1.29 is 9.90 Å². The summed E-state index contributed by atoms with van der Waals surface area (Å²) in [5.74, 6) is -0.254. The highest BCUT2D eigenvalue weighted by molar-refractivity contribution is 6.00. The monoisotopic (exact) mass is 210 g/mol. The fraction of sp³-hybridized carbons (Fsp3) is 0.636. The van der Waals surface area contributed by atoms with Gasteiger partial charge in [-0.3, -0.25) is 9.48 Å². The van der Waals surface area contributed by atoms with Crippen molar-refractivity contribution in [2.75, 3.05) is 0 Å². The molecule has 1 rings (SSSR count). The van der Waals surface area contributed by atoms with E-state index in [0.717, 1.165) is 6.42 Å². The first-order chi connectivity index (χ1) is 7.03. The molecule has 0 saturated carbocycles. The Morgan fingerprint density at radius 1 is 1.60 bits per heavy atom. The van der Waals surface area contributed by atoms with Gasteiger partial charge in [0.05, 0.1) is 0 Å². The fourth-order valence-corrected chi connectivity index (χ4v) is 1.35. The van der Waals surface area contributed by atoms with Gasteiger partial charge in [-0.2, -0.15) is 5.10 Å². The number of rotatable bonds is 5. The van der Waals surface area contributed by atoms with E-state index in [4.69, 9.17) is 0 Å². The Bertz CT molecular complexity index is 342. The summed E-state index contributed by atoms with van der Waals surface area (Å²) in [6, 6.07) is 1.65. The Hall–Kier alpha value is -1.16. The normalized spacial score (nSPS) is 14.9. The summed E-state index contributed by atoms with van der Waals surface area (Å²) in [5, 5.41) is 13.9. The average Bonchev–Trinajstić information content (AvgIpc) is 2.65. The number of carbonyl (C=O) groups excluding carboxylic acids is 1. The van der Waals surface area contributed by atoms with Crippen LogP contribution in [0, 0.1) is 0 Å². The average molecular weight is 210 g/mol. The first-order valence-corrected chi connectivity index (χ1v) is 5.32. The molecule has 4 heteroatoms. The maximum atomic E-state index is 11.9. The van der Waals surface area contributed by atoms with Gasteiger partial charge in [0.25, 0.3) is 0 Å². The van der Waals surface area contributed by atoms with Crippen LogP contribution in [0.3, 0.4) is 0 Å². The number of aromatic nitrogens is 2. The van der Waals surface area contributed by atoms with Gasteiger partial charge in [0.15, 0.2) is 0 Å². The van der Waals surface area contributed by atoms with Crippen molar-refractivity contribution in [1.29, 1.82) is 0 Å². The van der Waals surface area contributed by atoms with E-state index in [1.807, 2.05) is 6.92 Å². The molecule has 0 amide bonds. The van der Waals surface area contributed by atoms with Crippen LogP contribution in [-0.4, -0.2) is 26.3 Å². The Balaban J connectivity index is 2.96. The minimum Gasteiger partial charge on any atom is -0.382 e. The summed E-state index contributed by atoms with van der Waals surface area (Å²) < 4.78 is 1.65. The molecule has 15 heavy (non-hydrogen) atoms. The van der Waals surface area contributed by atoms with Crippen molar-refractivity contribution in [2.24, 2.45) is 0 Å². The quantitative estimate of drug-likeness (QED) is 0.751. The predicted octanol–water partition coefficient (Wildman–Crippen LogP) is 1.64. The minimum atomic E-state index is -1.29. The second-order valence-electron chi connectivity index (χ2n) is 3.90. The lowest BCUT2D eigenvalue weighted by atomic mass is 9.95. The number of aryl methyl sites for hydroxylation is 1. The van der Waals surface area contributed by atoms with E-state index >= 15 is 0 Å². The third-order valence-corrected chi connectivity index (χ3v) is 2.56. The molecule has 0 radical (unpaired) electrons.